The third kappa shape index (κ3) is 1.64. The van der Waals surface area contributed by atoms with E-state index in [2.05, 4.69) is 15.9 Å². The van der Waals surface area contributed by atoms with Gasteiger partial charge in [-0.1, -0.05) is 0 Å². The van der Waals surface area contributed by atoms with Gasteiger partial charge in [0.15, 0.2) is 0 Å². The maximum atomic E-state index is 12.9. The third-order valence-electron chi connectivity index (χ3n) is 1.56. The van der Waals surface area contributed by atoms with E-state index in [1.54, 1.807) is 13.0 Å². The quantitative estimate of drug-likeness (QED) is 0.564. The molecule has 0 aliphatic heterocycles. The van der Waals surface area contributed by atoms with Gasteiger partial charge in [-0.05, 0) is 40.5 Å². The largest absolute Gasteiger partial charge is 0.384 e. The summed E-state index contributed by atoms with van der Waals surface area (Å²) in [5.74, 6) is -0.510. The lowest BCUT2D eigenvalue weighted by Gasteiger charge is -2.04. The number of amidine groups is 1. The second kappa shape index (κ2) is 3.23. The highest BCUT2D eigenvalue weighted by molar-refractivity contribution is 9.10. The van der Waals surface area contributed by atoms with Crippen molar-refractivity contribution < 1.29 is 4.39 Å². The number of benzene rings is 1. The smallest absolute Gasteiger partial charge is 0.138 e. The minimum Gasteiger partial charge on any atom is -0.384 e. The van der Waals surface area contributed by atoms with Crippen LogP contribution >= 0.6 is 15.9 Å². The van der Waals surface area contributed by atoms with E-state index in [1.807, 2.05) is 0 Å². The summed E-state index contributed by atoms with van der Waals surface area (Å²) in [7, 11) is 0. The fraction of sp³-hybridized carbons (Fsp3) is 0.125. The first-order valence-corrected chi connectivity index (χ1v) is 4.11. The topological polar surface area (TPSA) is 49.9 Å². The van der Waals surface area contributed by atoms with Crippen LogP contribution in [0.2, 0.25) is 0 Å². The lowest BCUT2D eigenvalue weighted by molar-refractivity contribution is 0.620. The average molecular weight is 231 g/mol. The zero-order valence-electron chi connectivity index (χ0n) is 6.49. The Kier molecular flexibility index (Phi) is 2.47. The first kappa shape index (κ1) is 9.19. The summed E-state index contributed by atoms with van der Waals surface area (Å²) < 4.78 is 13.3. The zero-order valence-corrected chi connectivity index (χ0v) is 8.07. The molecule has 0 fully saturated rings. The standard InChI is InChI=1S/C8H8BrFN2/c1-4-2-6(9)7(10)3-5(4)8(11)12/h2-3H,1H3,(H3,11,12). The molecule has 0 spiro atoms. The normalized spacial score (nSPS) is 9.92. The molecule has 0 heterocycles. The zero-order chi connectivity index (χ0) is 9.30. The molecule has 0 aliphatic carbocycles. The Morgan fingerprint density at radius 2 is 2.17 bits per heavy atom. The van der Waals surface area contributed by atoms with Gasteiger partial charge in [0.25, 0.3) is 0 Å². The van der Waals surface area contributed by atoms with Crippen LogP contribution in [0.25, 0.3) is 0 Å². The Bertz CT molecular complexity index is 336. The van der Waals surface area contributed by atoms with Crippen molar-refractivity contribution in [3.05, 3.63) is 33.5 Å². The van der Waals surface area contributed by atoms with Crippen molar-refractivity contribution in [2.24, 2.45) is 5.73 Å². The summed E-state index contributed by atoms with van der Waals surface area (Å²) in [6.07, 6.45) is 0. The Hall–Kier alpha value is -0.900. The Balaban J connectivity index is 3.33. The number of nitrogens with one attached hydrogen (secondary N) is 1. The van der Waals surface area contributed by atoms with Crippen LogP contribution in [0.3, 0.4) is 0 Å². The first-order valence-electron chi connectivity index (χ1n) is 3.32. The van der Waals surface area contributed by atoms with Crippen molar-refractivity contribution >= 4 is 21.8 Å². The number of nitrogens with two attached hydrogens (primary N) is 1. The van der Waals surface area contributed by atoms with Crippen LogP contribution in [-0.2, 0) is 0 Å². The molecular formula is C8H8BrFN2. The van der Waals surface area contributed by atoms with Gasteiger partial charge in [-0.25, -0.2) is 4.39 Å². The minimum absolute atomic E-state index is 0.112. The molecule has 0 aromatic heterocycles. The van der Waals surface area contributed by atoms with Crippen LogP contribution in [-0.4, -0.2) is 5.84 Å². The van der Waals surface area contributed by atoms with Crippen LogP contribution in [0.15, 0.2) is 16.6 Å². The number of nitrogen functional groups attached to an aromatic ring is 1. The van der Waals surface area contributed by atoms with E-state index in [0.717, 1.165) is 5.56 Å². The first-order chi connectivity index (χ1) is 5.52. The lowest BCUT2D eigenvalue weighted by Crippen LogP contribution is -2.13. The number of hydrogen-bond acceptors (Lipinski definition) is 1. The molecule has 0 bridgehead atoms. The van der Waals surface area contributed by atoms with Crippen molar-refractivity contribution in [3.63, 3.8) is 0 Å². The van der Waals surface area contributed by atoms with E-state index in [9.17, 15) is 4.39 Å². The van der Waals surface area contributed by atoms with Crippen molar-refractivity contribution in [1.82, 2.24) is 0 Å². The summed E-state index contributed by atoms with van der Waals surface area (Å²) in [5, 5.41) is 7.14. The van der Waals surface area contributed by atoms with Gasteiger partial charge in [0, 0.05) is 5.56 Å². The number of aryl methyl sites for hydroxylation is 1. The predicted octanol–water partition coefficient (Wildman–Crippen LogP) is 2.18. The molecule has 1 aromatic rings. The van der Waals surface area contributed by atoms with Crippen molar-refractivity contribution in [3.8, 4) is 0 Å². The fourth-order valence-electron chi connectivity index (χ4n) is 0.936. The van der Waals surface area contributed by atoms with E-state index in [1.165, 1.54) is 6.07 Å². The van der Waals surface area contributed by atoms with Crippen LogP contribution in [0.1, 0.15) is 11.1 Å². The van der Waals surface area contributed by atoms with Gasteiger partial charge in [0.05, 0.1) is 4.47 Å². The summed E-state index contributed by atoms with van der Waals surface area (Å²) in [5.41, 5.74) is 6.46. The van der Waals surface area contributed by atoms with Crippen LogP contribution in [0, 0.1) is 18.2 Å². The van der Waals surface area contributed by atoms with Gasteiger partial charge in [-0.3, -0.25) is 5.41 Å². The molecule has 3 N–H and O–H groups in total. The number of halogens is 2. The molecule has 0 unspecified atom stereocenters. The second-order valence-corrected chi connectivity index (χ2v) is 3.35. The van der Waals surface area contributed by atoms with Crippen LogP contribution in [0.4, 0.5) is 4.39 Å². The predicted molar refractivity (Wildman–Crippen MR) is 49.9 cm³/mol. The summed E-state index contributed by atoms with van der Waals surface area (Å²) in [4.78, 5) is 0. The minimum atomic E-state index is -0.397. The maximum absolute atomic E-state index is 12.9. The monoisotopic (exact) mass is 230 g/mol. The summed E-state index contributed by atoms with van der Waals surface area (Å²) >= 11 is 3.04. The summed E-state index contributed by atoms with van der Waals surface area (Å²) in [6.45, 7) is 1.78. The highest BCUT2D eigenvalue weighted by Gasteiger charge is 2.06. The summed E-state index contributed by atoms with van der Waals surface area (Å²) in [6, 6.07) is 2.85. The molecule has 0 radical (unpaired) electrons. The molecule has 0 atom stereocenters. The molecule has 12 heavy (non-hydrogen) atoms. The average Bonchev–Trinajstić information content (AvgIpc) is 1.96. The molecule has 4 heteroatoms. The van der Waals surface area contributed by atoms with Gasteiger partial charge >= 0.3 is 0 Å². The molecule has 0 amide bonds. The van der Waals surface area contributed by atoms with Gasteiger partial charge < -0.3 is 5.73 Å². The Morgan fingerprint density at radius 3 is 2.67 bits per heavy atom. The van der Waals surface area contributed by atoms with E-state index in [-0.39, 0.29) is 5.84 Å². The number of hydrogen-bond donors (Lipinski definition) is 2. The highest BCUT2D eigenvalue weighted by Crippen LogP contribution is 2.19. The fourth-order valence-corrected chi connectivity index (χ4v) is 1.39. The van der Waals surface area contributed by atoms with Crippen LogP contribution in [0.5, 0.6) is 0 Å². The van der Waals surface area contributed by atoms with Crippen LogP contribution < -0.4 is 5.73 Å². The molecule has 64 valence electrons. The van der Waals surface area contributed by atoms with E-state index < -0.39 is 5.82 Å². The molecule has 1 aromatic carbocycles. The molecular weight excluding hydrogens is 223 g/mol. The molecule has 0 saturated heterocycles. The van der Waals surface area contributed by atoms with Gasteiger partial charge in [0.2, 0.25) is 0 Å². The third-order valence-corrected chi connectivity index (χ3v) is 2.17. The lowest BCUT2D eigenvalue weighted by atomic mass is 10.1. The molecule has 1 rings (SSSR count). The van der Waals surface area contributed by atoms with Gasteiger partial charge in [-0.2, -0.15) is 0 Å². The van der Waals surface area contributed by atoms with Gasteiger partial charge in [0.1, 0.15) is 11.7 Å². The molecule has 0 saturated carbocycles. The Morgan fingerprint density at radius 1 is 1.58 bits per heavy atom. The maximum Gasteiger partial charge on any atom is 0.138 e. The van der Waals surface area contributed by atoms with Gasteiger partial charge in [-0.15, -0.1) is 0 Å². The van der Waals surface area contributed by atoms with E-state index in [4.69, 9.17) is 11.1 Å². The second-order valence-electron chi connectivity index (χ2n) is 2.49. The molecule has 2 nitrogen and oxygen atoms in total. The van der Waals surface area contributed by atoms with E-state index >= 15 is 0 Å². The number of rotatable bonds is 1. The van der Waals surface area contributed by atoms with E-state index in [0.29, 0.717) is 10.0 Å². The SMILES string of the molecule is Cc1cc(Br)c(F)cc1C(=N)N. The molecule has 0 aliphatic rings. The van der Waals surface area contributed by atoms with Crippen molar-refractivity contribution in [2.45, 2.75) is 6.92 Å². The van der Waals surface area contributed by atoms with Crippen molar-refractivity contribution in [1.29, 1.82) is 5.41 Å². The van der Waals surface area contributed by atoms with Crippen molar-refractivity contribution in [2.75, 3.05) is 0 Å². The highest BCUT2D eigenvalue weighted by atomic mass is 79.9. The Labute approximate surface area is 78.2 Å².